The van der Waals surface area contributed by atoms with Gasteiger partial charge in [0, 0.05) is 12.1 Å². The van der Waals surface area contributed by atoms with E-state index in [-0.39, 0.29) is 0 Å². The van der Waals surface area contributed by atoms with Crippen molar-refractivity contribution in [2.45, 2.75) is 6.10 Å². The molecule has 1 aliphatic rings. The SMILES string of the molecule is CNCCOc1cccc2c1[C@@H](O)c1ccccc1-2. The summed E-state index contributed by atoms with van der Waals surface area (Å²) in [5.41, 5.74) is 4.02. The molecule has 0 aromatic heterocycles. The van der Waals surface area contributed by atoms with Gasteiger partial charge in [0.1, 0.15) is 18.5 Å². The lowest BCUT2D eigenvalue weighted by atomic mass is 10.1. The summed E-state index contributed by atoms with van der Waals surface area (Å²) in [6, 6.07) is 13.9. The molecule has 3 heteroatoms. The zero-order valence-electron chi connectivity index (χ0n) is 10.9. The number of rotatable bonds is 4. The number of hydrogen-bond donors (Lipinski definition) is 2. The van der Waals surface area contributed by atoms with Crippen LogP contribution in [0.25, 0.3) is 11.1 Å². The molecule has 2 N–H and O–H groups in total. The molecule has 0 unspecified atom stereocenters. The second-order valence-corrected chi connectivity index (χ2v) is 4.66. The molecule has 0 bridgehead atoms. The Kier molecular flexibility index (Phi) is 3.23. The maximum absolute atomic E-state index is 10.5. The van der Waals surface area contributed by atoms with Gasteiger partial charge < -0.3 is 15.2 Å². The van der Waals surface area contributed by atoms with Crippen LogP contribution in [-0.4, -0.2) is 25.3 Å². The maximum Gasteiger partial charge on any atom is 0.126 e. The molecule has 0 saturated heterocycles. The van der Waals surface area contributed by atoms with Gasteiger partial charge in [-0.05, 0) is 29.8 Å². The third-order valence-electron chi connectivity index (χ3n) is 3.49. The smallest absolute Gasteiger partial charge is 0.126 e. The molecule has 1 aliphatic carbocycles. The second kappa shape index (κ2) is 5.03. The summed E-state index contributed by atoms with van der Waals surface area (Å²) in [5.74, 6) is 0.774. The van der Waals surface area contributed by atoms with Gasteiger partial charge in [-0.1, -0.05) is 36.4 Å². The summed E-state index contributed by atoms with van der Waals surface area (Å²) < 4.78 is 5.77. The first-order valence-electron chi connectivity index (χ1n) is 6.50. The fraction of sp³-hybridized carbons (Fsp3) is 0.250. The van der Waals surface area contributed by atoms with Crippen LogP contribution in [0, 0.1) is 0 Å². The van der Waals surface area contributed by atoms with Crippen LogP contribution in [0.1, 0.15) is 17.2 Å². The number of ether oxygens (including phenoxy) is 1. The van der Waals surface area contributed by atoms with Gasteiger partial charge in [-0.2, -0.15) is 0 Å². The number of benzene rings is 2. The monoisotopic (exact) mass is 255 g/mol. The fourth-order valence-corrected chi connectivity index (χ4v) is 2.59. The zero-order valence-corrected chi connectivity index (χ0v) is 10.9. The van der Waals surface area contributed by atoms with Crippen LogP contribution >= 0.6 is 0 Å². The van der Waals surface area contributed by atoms with E-state index in [9.17, 15) is 5.11 Å². The molecule has 0 heterocycles. The largest absolute Gasteiger partial charge is 0.492 e. The van der Waals surface area contributed by atoms with Gasteiger partial charge in [0.05, 0.1) is 0 Å². The normalized spacial score (nSPS) is 16.0. The van der Waals surface area contributed by atoms with E-state index in [1.54, 1.807) is 0 Å². The highest BCUT2D eigenvalue weighted by atomic mass is 16.5. The van der Waals surface area contributed by atoms with E-state index in [2.05, 4.69) is 5.32 Å². The summed E-state index contributed by atoms with van der Waals surface area (Å²) in [5, 5.41) is 13.5. The van der Waals surface area contributed by atoms with E-state index in [1.807, 2.05) is 49.5 Å². The minimum absolute atomic E-state index is 0.586. The summed E-state index contributed by atoms with van der Waals surface area (Å²) in [4.78, 5) is 0. The van der Waals surface area contributed by atoms with E-state index >= 15 is 0 Å². The molecule has 0 saturated carbocycles. The van der Waals surface area contributed by atoms with Crippen molar-refractivity contribution in [3.8, 4) is 16.9 Å². The van der Waals surface area contributed by atoms with Crippen molar-refractivity contribution < 1.29 is 9.84 Å². The van der Waals surface area contributed by atoms with Crippen molar-refractivity contribution in [2.75, 3.05) is 20.2 Å². The number of likely N-dealkylation sites (N-methyl/N-ethyl adjacent to an activating group) is 1. The molecule has 0 spiro atoms. The zero-order chi connectivity index (χ0) is 13.2. The molecular formula is C16H17NO2. The number of nitrogens with one attached hydrogen (secondary N) is 1. The Balaban J connectivity index is 2.01. The van der Waals surface area contributed by atoms with Gasteiger partial charge in [0.2, 0.25) is 0 Å². The van der Waals surface area contributed by atoms with Crippen molar-refractivity contribution in [3.63, 3.8) is 0 Å². The van der Waals surface area contributed by atoms with Crippen molar-refractivity contribution in [1.29, 1.82) is 0 Å². The van der Waals surface area contributed by atoms with Gasteiger partial charge in [-0.15, -0.1) is 0 Å². The quantitative estimate of drug-likeness (QED) is 0.824. The van der Waals surface area contributed by atoms with E-state index in [0.717, 1.165) is 34.5 Å². The standard InChI is InChI=1S/C16H17NO2/c1-17-9-10-19-14-8-4-7-12-11-5-2-3-6-13(11)16(18)15(12)14/h2-8,16-18H,9-10H2,1H3/t16-/m0/s1. The minimum atomic E-state index is -0.586. The molecule has 0 amide bonds. The molecule has 1 atom stereocenters. The molecule has 3 nitrogen and oxygen atoms in total. The molecule has 0 radical (unpaired) electrons. The average Bonchev–Trinajstić information content (AvgIpc) is 2.74. The number of aliphatic hydroxyl groups excluding tert-OH is 1. The molecule has 98 valence electrons. The first-order valence-corrected chi connectivity index (χ1v) is 6.50. The van der Waals surface area contributed by atoms with Gasteiger partial charge in [0.25, 0.3) is 0 Å². The van der Waals surface area contributed by atoms with E-state index in [1.165, 1.54) is 0 Å². The van der Waals surface area contributed by atoms with Crippen molar-refractivity contribution >= 4 is 0 Å². The Hall–Kier alpha value is -1.84. The molecular weight excluding hydrogens is 238 g/mol. The van der Waals surface area contributed by atoms with Gasteiger partial charge >= 0.3 is 0 Å². The first kappa shape index (κ1) is 12.2. The summed E-state index contributed by atoms with van der Waals surface area (Å²) in [7, 11) is 1.89. The van der Waals surface area contributed by atoms with Gasteiger partial charge in [-0.3, -0.25) is 0 Å². The third-order valence-corrected chi connectivity index (χ3v) is 3.49. The fourth-order valence-electron chi connectivity index (χ4n) is 2.59. The van der Waals surface area contributed by atoms with Crippen LogP contribution in [0.5, 0.6) is 5.75 Å². The molecule has 19 heavy (non-hydrogen) atoms. The van der Waals surface area contributed by atoms with Crippen LogP contribution in [0.2, 0.25) is 0 Å². The minimum Gasteiger partial charge on any atom is -0.492 e. The molecule has 2 aromatic carbocycles. The summed E-state index contributed by atoms with van der Waals surface area (Å²) >= 11 is 0. The Morgan fingerprint density at radius 1 is 1.11 bits per heavy atom. The van der Waals surface area contributed by atoms with E-state index in [0.29, 0.717) is 6.61 Å². The summed E-state index contributed by atoms with van der Waals surface area (Å²) in [6.45, 7) is 1.38. The van der Waals surface area contributed by atoms with E-state index < -0.39 is 6.10 Å². The predicted molar refractivity (Wildman–Crippen MR) is 75.4 cm³/mol. The Bertz CT molecular complexity index is 595. The first-order chi connectivity index (χ1) is 9.33. The lowest BCUT2D eigenvalue weighted by molar-refractivity contribution is 0.216. The number of fused-ring (bicyclic) bond motifs is 3. The van der Waals surface area contributed by atoms with Crippen LogP contribution in [0.4, 0.5) is 0 Å². The maximum atomic E-state index is 10.5. The molecule has 0 aliphatic heterocycles. The highest BCUT2D eigenvalue weighted by Gasteiger charge is 2.29. The van der Waals surface area contributed by atoms with Gasteiger partial charge in [-0.25, -0.2) is 0 Å². The van der Waals surface area contributed by atoms with Crippen LogP contribution in [0.15, 0.2) is 42.5 Å². The Labute approximate surface area is 112 Å². The average molecular weight is 255 g/mol. The lowest BCUT2D eigenvalue weighted by Crippen LogP contribution is -2.16. The predicted octanol–water partition coefficient (Wildman–Crippen LogP) is 2.35. The highest BCUT2D eigenvalue weighted by molar-refractivity contribution is 5.80. The Morgan fingerprint density at radius 3 is 2.74 bits per heavy atom. The van der Waals surface area contributed by atoms with Crippen molar-refractivity contribution in [3.05, 3.63) is 53.6 Å². The molecule has 0 fully saturated rings. The lowest BCUT2D eigenvalue weighted by Gasteiger charge is -2.13. The third kappa shape index (κ3) is 2.01. The molecule has 2 aromatic rings. The number of hydrogen-bond acceptors (Lipinski definition) is 3. The highest BCUT2D eigenvalue weighted by Crippen LogP contribution is 2.47. The van der Waals surface area contributed by atoms with Crippen molar-refractivity contribution in [1.82, 2.24) is 5.32 Å². The number of aliphatic hydroxyl groups is 1. The van der Waals surface area contributed by atoms with Crippen LogP contribution in [0.3, 0.4) is 0 Å². The topological polar surface area (TPSA) is 41.5 Å². The van der Waals surface area contributed by atoms with Crippen LogP contribution < -0.4 is 10.1 Å². The summed E-state index contributed by atoms with van der Waals surface area (Å²) in [6.07, 6.45) is -0.586. The second-order valence-electron chi connectivity index (χ2n) is 4.66. The van der Waals surface area contributed by atoms with E-state index in [4.69, 9.17) is 4.74 Å². The van der Waals surface area contributed by atoms with Crippen molar-refractivity contribution in [2.24, 2.45) is 0 Å². The Morgan fingerprint density at radius 2 is 1.89 bits per heavy atom. The van der Waals surface area contributed by atoms with Crippen LogP contribution in [-0.2, 0) is 0 Å². The molecule has 3 rings (SSSR count). The van der Waals surface area contributed by atoms with Gasteiger partial charge in [0.15, 0.2) is 0 Å².